The zero-order valence-corrected chi connectivity index (χ0v) is 16.7. The van der Waals surface area contributed by atoms with E-state index in [-0.39, 0.29) is 18.1 Å². The van der Waals surface area contributed by atoms with E-state index in [9.17, 15) is 39.5 Å². The van der Waals surface area contributed by atoms with Crippen LogP contribution in [0.15, 0.2) is 0 Å². The molecule has 0 heterocycles. The monoisotopic (exact) mass is 432 g/mol. The number of halogens is 9. The minimum absolute atomic E-state index is 0.0809. The van der Waals surface area contributed by atoms with Crippen LogP contribution in [0.25, 0.3) is 0 Å². The van der Waals surface area contributed by atoms with Crippen LogP contribution in [-0.2, 0) is 22.3 Å². The van der Waals surface area contributed by atoms with Gasteiger partial charge in [-0.2, -0.15) is 0 Å². The predicted octanol–water partition coefficient (Wildman–Crippen LogP) is 5.61. The fourth-order valence-corrected chi connectivity index (χ4v) is 20.7. The van der Waals surface area contributed by atoms with Gasteiger partial charge in [-0.15, -0.1) is 0 Å². The van der Waals surface area contributed by atoms with Crippen LogP contribution >= 0.6 is 0 Å². The summed E-state index contributed by atoms with van der Waals surface area (Å²) in [4.78, 5) is 0. The fraction of sp³-hybridized carbons (Fsp3) is 1.00. The molecule has 0 aromatic carbocycles. The molecule has 138 valence electrons. The molecule has 0 saturated heterocycles. The molecule has 0 amide bonds. The van der Waals surface area contributed by atoms with Gasteiger partial charge in [-0.1, -0.05) is 0 Å². The maximum atomic E-state index is 13.2. The Balaban J connectivity index is 6.04. The molecule has 0 fully saturated rings. The van der Waals surface area contributed by atoms with Crippen LogP contribution in [0.1, 0.15) is 20.8 Å². The first-order valence-corrected chi connectivity index (χ1v) is 14.9. The van der Waals surface area contributed by atoms with Gasteiger partial charge in [0.05, 0.1) is 0 Å². The van der Waals surface area contributed by atoms with Crippen LogP contribution in [0.4, 0.5) is 39.5 Å². The molecule has 0 atom stereocenters. The molecule has 0 aliphatic rings. The fourth-order valence-electron chi connectivity index (χ4n) is 2.41. The Bertz CT molecular complexity index is 354. The van der Waals surface area contributed by atoms with Crippen molar-refractivity contribution in [2.75, 3.05) is 6.61 Å². The average Bonchev–Trinajstić information content (AvgIpc) is 2.36. The molecule has 0 spiro atoms. The van der Waals surface area contributed by atoms with Gasteiger partial charge in [0.25, 0.3) is 0 Å². The Hall–Kier alpha value is 0.130. The molecule has 0 saturated carbocycles. The first kappa shape index (κ1) is 23.1. The van der Waals surface area contributed by atoms with Crippen molar-refractivity contribution in [2.24, 2.45) is 0 Å². The summed E-state index contributed by atoms with van der Waals surface area (Å²) >= 11 is -8.24. The van der Waals surface area contributed by atoms with Gasteiger partial charge in [0.15, 0.2) is 0 Å². The van der Waals surface area contributed by atoms with Gasteiger partial charge in [-0.3, -0.25) is 0 Å². The Morgan fingerprint density at radius 3 is 1.30 bits per heavy atom. The Labute approximate surface area is 132 Å². The molecule has 23 heavy (non-hydrogen) atoms. The minimum atomic E-state index is -8.24. The van der Waals surface area contributed by atoms with E-state index in [0.29, 0.717) is 0 Å². The van der Waals surface area contributed by atoms with Gasteiger partial charge in [0.1, 0.15) is 0 Å². The third-order valence-corrected chi connectivity index (χ3v) is 21.4. The summed E-state index contributed by atoms with van der Waals surface area (Å²) in [5.41, 5.74) is 0. The SMILES string of the molecule is CC[Si](CC)(CC)[O][Zn]([O]CC(F)(F)F)([C](F)(F)F)[C](F)(F)F. The topological polar surface area (TPSA) is 18.5 Å². The molecule has 13 heteroatoms. The Kier molecular flexibility index (Phi) is 7.61. The van der Waals surface area contributed by atoms with E-state index >= 15 is 0 Å². The number of hydrogen-bond acceptors (Lipinski definition) is 2. The van der Waals surface area contributed by atoms with Gasteiger partial charge in [0.2, 0.25) is 0 Å². The van der Waals surface area contributed by atoms with Gasteiger partial charge < -0.3 is 0 Å². The van der Waals surface area contributed by atoms with Crippen molar-refractivity contribution < 1.29 is 61.8 Å². The number of alkyl halides is 9. The molecular weight excluding hydrogens is 417 g/mol. The summed E-state index contributed by atoms with van der Waals surface area (Å²) in [6, 6.07) is -0.243. The maximum absolute atomic E-state index is 13.2. The first-order chi connectivity index (χ1) is 10.1. The Morgan fingerprint density at radius 1 is 0.739 bits per heavy atom. The first-order valence-electron chi connectivity index (χ1n) is 7.01. The predicted molar refractivity (Wildman–Crippen MR) is 62.4 cm³/mol. The van der Waals surface area contributed by atoms with E-state index in [0.717, 1.165) is 0 Å². The van der Waals surface area contributed by atoms with Gasteiger partial charge in [0, 0.05) is 0 Å². The van der Waals surface area contributed by atoms with Crippen LogP contribution < -0.4 is 0 Å². The molecule has 0 rings (SSSR count). The third-order valence-electron chi connectivity index (χ3n) is 4.05. The quantitative estimate of drug-likeness (QED) is 0.384. The van der Waals surface area contributed by atoms with Crippen molar-refractivity contribution in [3.63, 3.8) is 0 Å². The van der Waals surface area contributed by atoms with Crippen LogP contribution in [-0.4, -0.2) is 30.6 Å². The standard InChI is InChI=1S/C6H15OSi.C2H2F3O.2CF3.Zn/c1-4-8(7,5-2)6-3;3-2(4,5)1-6;2*2-1(3)4;/h4-6H2,1-3H3;1H2;;;/q2*-1;;;+2. The van der Waals surface area contributed by atoms with E-state index in [1.807, 2.05) is 0 Å². The third kappa shape index (κ3) is 5.57. The van der Waals surface area contributed by atoms with Crippen molar-refractivity contribution >= 4 is 8.32 Å². The molecule has 0 N–H and O–H groups in total. The van der Waals surface area contributed by atoms with Gasteiger partial charge in [-0.05, 0) is 0 Å². The molecule has 0 radical (unpaired) electrons. The molecule has 0 aromatic rings. The van der Waals surface area contributed by atoms with E-state index in [1.54, 1.807) is 0 Å². The van der Waals surface area contributed by atoms with E-state index in [1.165, 1.54) is 20.8 Å². The van der Waals surface area contributed by atoms with Crippen molar-refractivity contribution in [3.05, 3.63) is 0 Å². The summed E-state index contributed by atoms with van der Waals surface area (Å²) in [6.07, 6.45) is -5.32. The summed E-state index contributed by atoms with van der Waals surface area (Å²) in [5, 5.41) is 0. The molecular formula is C10H17F9O2SiZn. The zero-order valence-electron chi connectivity index (χ0n) is 12.8. The van der Waals surface area contributed by atoms with Crippen LogP contribution in [0.2, 0.25) is 18.1 Å². The number of rotatable bonds is 7. The summed E-state index contributed by atoms with van der Waals surface area (Å²) < 4.78 is 112. The summed E-state index contributed by atoms with van der Waals surface area (Å²) in [7, 11) is -3.50. The van der Waals surface area contributed by atoms with Crippen molar-refractivity contribution in [3.8, 4) is 0 Å². The average molecular weight is 434 g/mol. The summed E-state index contributed by atoms with van der Waals surface area (Å²) in [5.74, 6) is 0. The normalized spacial score (nSPS) is 14.4. The number of hydrogen-bond donors (Lipinski definition) is 0. The zero-order chi connectivity index (χ0) is 18.7. The van der Waals surface area contributed by atoms with E-state index in [2.05, 4.69) is 6.82 Å². The van der Waals surface area contributed by atoms with Crippen LogP contribution in [0.5, 0.6) is 0 Å². The molecule has 0 aromatic heterocycles. The second-order valence-electron chi connectivity index (χ2n) is 5.45. The van der Waals surface area contributed by atoms with Gasteiger partial charge >= 0.3 is 131 Å². The second kappa shape index (κ2) is 7.57. The van der Waals surface area contributed by atoms with E-state index < -0.39 is 46.1 Å². The van der Waals surface area contributed by atoms with Crippen molar-refractivity contribution in [2.45, 2.75) is 54.6 Å². The van der Waals surface area contributed by atoms with E-state index in [4.69, 9.17) is 0 Å². The second-order valence-corrected chi connectivity index (χ2v) is 19.9. The molecule has 0 aliphatic heterocycles. The summed E-state index contributed by atoms with van der Waals surface area (Å²) in [6.45, 7) is 1.48. The van der Waals surface area contributed by atoms with Gasteiger partial charge in [-0.25, -0.2) is 0 Å². The molecule has 0 aliphatic carbocycles. The molecule has 2 nitrogen and oxygen atoms in total. The Morgan fingerprint density at radius 2 is 1.09 bits per heavy atom. The van der Waals surface area contributed by atoms with Crippen molar-refractivity contribution in [1.82, 2.24) is 0 Å². The molecule has 0 unspecified atom stereocenters. The molecule has 0 bridgehead atoms. The van der Waals surface area contributed by atoms with Crippen molar-refractivity contribution in [1.29, 1.82) is 0 Å². The van der Waals surface area contributed by atoms with Crippen LogP contribution in [0.3, 0.4) is 0 Å². The van der Waals surface area contributed by atoms with Crippen LogP contribution in [0, 0.1) is 0 Å².